The molecule has 1 aliphatic rings. The number of carbonyl (C=O) groups excluding carboxylic acids is 1. The zero-order valence-electron chi connectivity index (χ0n) is 11.2. The van der Waals surface area contributed by atoms with E-state index in [2.05, 4.69) is 10.2 Å². The zero-order chi connectivity index (χ0) is 13.5. The summed E-state index contributed by atoms with van der Waals surface area (Å²) in [5, 5.41) is 3.25. The third kappa shape index (κ3) is 4.54. The zero-order valence-corrected chi connectivity index (χ0v) is 11.2. The van der Waals surface area contributed by atoms with Crippen molar-refractivity contribution in [2.45, 2.75) is 6.61 Å². The Morgan fingerprint density at radius 2 is 2.16 bits per heavy atom. The third-order valence-corrected chi connectivity index (χ3v) is 3.10. The first kappa shape index (κ1) is 13.8. The predicted molar refractivity (Wildman–Crippen MR) is 72.1 cm³/mol. The highest BCUT2D eigenvalue weighted by atomic mass is 16.5. The maximum atomic E-state index is 11.7. The molecule has 1 aliphatic heterocycles. The van der Waals surface area contributed by atoms with Crippen LogP contribution in [0.4, 0.5) is 0 Å². The lowest BCUT2D eigenvalue weighted by atomic mass is 10.2. The molecule has 0 saturated carbocycles. The molecule has 1 fully saturated rings. The van der Waals surface area contributed by atoms with E-state index in [0.29, 0.717) is 13.2 Å². The van der Waals surface area contributed by atoms with Crippen molar-refractivity contribution in [2.24, 2.45) is 0 Å². The Kier molecular flexibility index (Phi) is 5.18. The van der Waals surface area contributed by atoms with E-state index in [4.69, 9.17) is 9.47 Å². The van der Waals surface area contributed by atoms with E-state index in [-0.39, 0.29) is 5.97 Å². The molecule has 5 nitrogen and oxygen atoms in total. The molecule has 2 rings (SSSR count). The Morgan fingerprint density at radius 3 is 2.89 bits per heavy atom. The second-order valence-corrected chi connectivity index (χ2v) is 4.54. The Morgan fingerprint density at radius 1 is 1.37 bits per heavy atom. The SMILES string of the molecule is COc1cccc(COC(=O)CN2CCNCC2)c1. The minimum absolute atomic E-state index is 0.176. The van der Waals surface area contributed by atoms with Gasteiger partial charge in [0.15, 0.2) is 0 Å². The number of ether oxygens (including phenoxy) is 2. The molecule has 1 aromatic rings. The molecule has 0 bridgehead atoms. The van der Waals surface area contributed by atoms with Gasteiger partial charge in [-0.1, -0.05) is 12.1 Å². The van der Waals surface area contributed by atoms with Crippen LogP contribution in [0.25, 0.3) is 0 Å². The van der Waals surface area contributed by atoms with Crippen LogP contribution in [-0.2, 0) is 16.1 Å². The summed E-state index contributed by atoms with van der Waals surface area (Å²) in [6.45, 7) is 4.32. The standard InChI is InChI=1S/C14H20N2O3/c1-18-13-4-2-3-12(9-13)11-19-14(17)10-16-7-5-15-6-8-16/h2-4,9,15H,5-8,10-11H2,1H3. The number of piperazine rings is 1. The number of nitrogens with zero attached hydrogens (tertiary/aromatic N) is 1. The van der Waals surface area contributed by atoms with Crippen LogP contribution in [0.15, 0.2) is 24.3 Å². The third-order valence-electron chi connectivity index (χ3n) is 3.10. The summed E-state index contributed by atoms with van der Waals surface area (Å²) in [5.41, 5.74) is 0.938. The molecule has 1 heterocycles. The van der Waals surface area contributed by atoms with Crippen molar-refractivity contribution in [1.82, 2.24) is 10.2 Å². The quantitative estimate of drug-likeness (QED) is 0.791. The summed E-state index contributed by atoms with van der Waals surface area (Å²) in [7, 11) is 1.62. The largest absolute Gasteiger partial charge is 0.497 e. The summed E-state index contributed by atoms with van der Waals surface area (Å²) in [5.74, 6) is 0.598. The van der Waals surface area contributed by atoms with Gasteiger partial charge in [-0.3, -0.25) is 9.69 Å². The van der Waals surface area contributed by atoms with Gasteiger partial charge in [0.25, 0.3) is 0 Å². The van der Waals surface area contributed by atoms with Gasteiger partial charge >= 0.3 is 5.97 Å². The average Bonchev–Trinajstić information content (AvgIpc) is 2.46. The summed E-state index contributed by atoms with van der Waals surface area (Å²) in [6, 6.07) is 7.54. The van der Waals surface area contributed by atoms with Gasteiger partial charge in [-0.2, -0.15) is 0 Å². The minimum Gasteiger partial charge on any atom is -0.497 e. The average molecular weight is 264 g/mol. The van der Waals surface area contributed by atoms with Crippen LogP contribution in [0.2, 0.25) is 0 Å². The number of hydrogen-bond donors (Lipinski definition) is 1. The van der Waals surface area contributed by atoms with Gasteiger partial charge in [-0.05, 0) is 17.7 Å². The normalized spacial score (nSPS) is 16.1. The molecule has 19 heavy (non-hydrogen) atoms. The number of esters is 1. The highest BCUT2D eigenvalue weighted by Gasteiger charge is 2.14. The monoisotopic (exact) mass is 264 g/mol. The van der Waals surface area contributed by atoms with Crippen molar-refractivity contribution in [3.8, 4) is 5.75 Å². The Bertz CT molecular complexity index is 417. The maximum absolute atomic E-state index is 11.7. The fourth-order valence-electron chi connectivity index (χ4n) is 2.02. The molecule has 0 unspecified atom stereocenters. The van der Waals surface area contributed by atoms with Crippen molar-refractivity contribution in [3.63, 3.8) is 0 Å². The number of methoxy groups -OCH3 is 1. The number of benzene rings is 1. The van der Waals surface area contributed by atoms with Gasteiger partial charge < -0.3 is 14.8 Å². The van der Waals surface area contributed by atoms with Crippen LogP contribution in [0.1, 0.15) is 5.56 Å². The van der Waals surface area contributed by atoms with E-state index in [1.807, 2.05) is 24.3 Å². The first-order valence-corrected chi connectivity index (χ1v) is 6.49. The fourth-order valence-corrected chi connectivity index (χ4v) is 2.02. The fraction of sp³-hybridized carbons (Fsp3) is 0.500. The highest BCUT2D eigenvalue weighted by molar-refractivity contribution is 5.71. The van der Waals surface area contributed by atoms with E-state index in [1.165, 1.54) is 0 Å². The number of hydrogen-bond acceptors (Lipinski definition) is 5. The predicted octanol–water partition coefficient (Wildman–Crippen LogP) is 0.644. The van der Waals surface area contributed by atoms with Gasteiger partial charge in [0.1, 0.15) is 12.4 Å². The molecule has 1 saturated heterocycles. The summed E-state index contributed by atoms with van der Waals surface area (Å²) in [6.07, 6.45) is 0. The number of nitrogens with one attached hydrogen (secondary N) is 1. The molecular formula is C14H20N2O3. The molecule has 0 radical (unpaired) electrons. The molecule has 0 aliphatic carbocycles. The first-order valence-electron chi connectivity index (χ1n) is 6.49. The molecule has 0 spiro atoms. The summed E-state index contributed by atoms with van der Waals surface area (Å²) >= 11 is 0. The van der Waals surface area contributed by atoms with E-state index in [1.54, 1.807) is 7.11 Å². The van der Waals surface area contributed by atoms with Crippen LogP contribution < -0.4 is 10.1 Å². The molecule has 0 amide bonds. The van der Waals surface area contributed by atoms with Crippen LogP contribution in [0.3, 0.4) is 0 Å². The van der Waals surface area contributed by atoms with Crippen molar-refractivity contribution >= 4 is 5.97 Å². The maximum Gasteiger partial charge on any atom is 0.320 e. The smallest absolute Gasteiger partial charge is 0.320 e. The van der Waals surface area contributed by atoms with Crippen molar-refractivity contribution in [3.05, 3.63) is 29.8 Å². The van der Waals surface area contributed by atoms with Gasteiger partial charge in [-0.15, -0.1) is 0 Å². The first-order chi connectivity index (χ1) is 9.28. The molecule has 0 aromatic heterocycles. The number of rotatable bonds is 5. The van der Waals surface area contributed by atoms with Gasteiger partial charge in [-0.25, -0.2) is 0 Å². The van der Waals surface area contributed by atoms with Crippen LogP contribution >= 0.6 is 0 Å². The van der Waals surface area contributed by atoms with E-state index < -0.39 is 0 Å². The van der Waals surface area contributed by atoms with Crippen LogP contribution in [0, 0.1) is 0 Å². The highest BCUT2D eigenvalue weighted by Crippen LogP contribution is 2.13. The molecule has 0 atom stereocenters. The summed E-state index contributed by atoms with van der Waals surface area (Å²) < 4.78 is 10.4. The molecule has 1 aromatic carbocycles. The van der Waals surface area contributed by atoms with E-state index >= 15 is 0 Å². The van der Waals surface area contributed by atoms with Gasteiger partial charge in [0.05, 0.1) is 13.7 Å². The molecular weight excluding hydrogens is 244 g/mol. The van der Waals surface area contributed by atoms with Gasteiger partial charge in [0, 0.05) is 26.2 Å². The van der Waals surface area contributed by atoms with E-state index in [9.17, 15) is 4.79 Å². The summed E-state index contributed by atoms with van der Waals surface area (Å²) in [4.78, 5) is 13.8. The lowest BCUT2D eigenvalue weighted by Crippen LogP contribution is -2.45. The Labute approximate surface area is 113 Å². The Hall–Kier alpha value is -1.59. The lowest BCUT2D eigenvalue weighted by molar-refractivity contribution is -0.146. The molecule has 1 N–H and O–H groups in total. The molecule has 104 valence electrons. The second kappa shape index (κ2) is 7.11. The van der Waals surface area contributed by atoms with Crippen LogP contribution in [-0.4, -0.2) is 50.7 Å². The van der Waals surface area contributed by atoms with Crippen LogP contribution in [0.5, 0.6) is 5.75 Å². The molecule has 5 heteroatoms. The van der Waals surface area contributed by atoms with E-state index in [0.717, 1.165) is 37.5 Å². The topological polar surface area (TPSA) is 50.8 Å². The number of carbonyl (C=O) groups is 1. The second-order valence-electron chi connectivity index (χ2n) is 4.54. The van der Waals surface area contributed by atoms with Crippen molar-refractivity contribution in [1.29, 1.82) is 0 Å². The minimum atomic E-state index is -0.176. The lowest BCUT2D eigenvalue weighted by Gasteiger charge is -2.26. The van der Waals surface area contributed by atoms with Crippen molar-refractivity contribution in [2.75, 3.05) is 39.8 Å². The van der Waals surface area contributed by atoms with Gasteiger partial charge in [0.2, 0.25) is 0 Å². The Balaban J connectivity index is 1.76. The van der Waals surface area contributed by atoms with Crippen molar-refractivity contribution < 1.29 is 14.3 Å².